The Morgan fingerprint density at radius 2 is 1.69 bits per heavy atom. The Hall–Kier alpha value is -2.97. The molecule has 3 N–H and O–H groups in total. The zero-order valence-corrected chi connectivity index (χ0v) is 21.6. The summed E-state index contributed by atoms with van der Waals surface area (Å²) in [4.78, 5) is 38.1. The van der Waals surface area contributed by atoms with Gasteiger partial charge in [-0.2, -0.15) is 0 Å². The quantitative estimate of drug-likeness (QED) is 0.152. The van der Waals surface area contributed by atoms with Crippen molar-refractivity contribution in [1.29, 1.82) is 0 Å². The fourth-order valence-electron chi connectivity index (χ4n) is 3.56. The minimum absolute atomic E-state index is 0.000933. The number of aliphatic hydroxyl groups excluding tert-OH is 1. The smallest absolute Gasteiger partial charge is 0.309 e. The maximum atomic E-state index is 13.0. The summed E-state index contributed by atoms with van der Waals surface area (Å²) in [5.41, 5.74) is 1.04. The number of hydrogen-bond acceptors (Lipinski definition) is 6. The zero-order chi connectivity index (χ0) is 26.8. The summed E-state index contributed by atoms with van der Waals surface area (Å²) in [7, 11) is 0. The Morgan fingerprint density at radius 1 is 1.03 bits per heavy atom. The van der Waals surface area contributed by atoms with Gasteiger partial charge in [-0.3, -0.25) is 14.4 Å². The summed E-state index contributed by atoms with van der Waals surface area (Å²) >= 11 is 0. The van der Waals surface area contributed by atoms with Crippen LogP contribution in [0.15, 0.2) is 55.6 Å². The van der Waals surface area contributed by atoms with Gasteiger partial charge in [0.1, 0.15) is 6.61 Å². The highest BCUT2D eigenvalue weighted by Gasteiger charge is 2.27. The van der Waals surface area contributed by atoms with Gasteiger partial charge in [0.2, 0.25) is 11.8 Å². The number of hydrogen-bond donors (Lipinski definition) is 3. The average molecular weight is 503 g/mol. The highest BCUT2D eigenvalue weighted by atomic mass is 16.5. The van der Waals surface area contributed by atoms with Gasteiger partial charge in [-0.25, -0.2) is 0 Å². The number of esters is 1. The van der Waals surface area contributed by atoms with Crippen LogP contribution in [0.2, 0.25) is 0 Å². The molecule has 3 atom stereocenters. The lowest BCUT2D eigenvalue weighted by atomic mass is 9.96. The number of rotatable bonds is 19. The molecule has 0 aliphatic heterocycles. The van der Waals surface area contributed by atoms with Crippen molar-refractivity contribution in [3.8, 4) is 0 Å². The van der Waals surface area contributed by atoms with Gasteiger partial charge in [0.15, 0.2) is 0 Å². The van der Waals surface area contributed by atoms with Crippen molar-refractivity contribution in [3.63, 3.8) is 0 Å². The van der Waals surface area contributed by atoms with Crippen LogP contribution < -0.4 is 10.6 Å². The molecule has 0 heterocycles. The molecule has 8 heteroatoms. The molecule has 1 aromatic rings. The van der Waals surface area contributed by atoms with E-state index in [0.717, 1.165) is 5.56 Å². The molecular weight excluding hydrogens is 460 g/mol. The summed E-state index contributed by atoms with van der Waals surface area (Å²) in [5, 5.41) is 14.4. The number of benzene rings is 1. The first kappa shape index (κ1) is 31.1. The highest BCUT2D eigenvalue weighted by Crippen LogP contribution is 2.16. The fourth-order valence-corrected chi connectivity index (χ4v) is 3.56. The number of ether oxygens (including phenoxy) is 2. The fraction of sp³-hybridized carbons (Fsp3) is 0.536. The number of aliphatic hydroxyl groups is 1. The van der Waals surface area contributed by atoms with Crippen LogP contribution in [-0.2, 0) is 30.3 Å². The van der Waals surface area contributed by atoms with Crippen LogP contribution in [0.1, 0.15) is 38.7 Å². The Morgan fingerprint density at radius 3 is 2.31 bits per heavy atom. The average Bonchev–Trinajstić information content (AvgIpc) is 2.86. The Kier molecular flexibility index (Phi) is 15.8. The largest absolute Gasteiger partial charge is 0.463 e. The molecule has 0 bridgehead atoms. The maximum Gasteiger partial charge on any atom is 0.309 e. The van der Waals surface area contributed by atoms with Gasteiger partial charge in [0.25, 0.3) is 0 Å². The Labute approximate surface area is 215 Å². The van der Waals surface area contributed by atoms with Crippen molar-refractivity contribution in [2.75, 3.05) is 33.0 Å². The minimum Gasteiger partial charge on any atom is -0.463 e. The van der Waals surface area contributed by atoms with E-state index >= 15 is 0 Å². The zero-order valence-electron chi connectivity index (χ0n) is 21.6. The SMILES string of the molecule is C=CC[C@H](CC(=O)NCCOCCO)C(=O)N[C@H](COC(=O)[C@H](CC=C)Cc1ccccc1)C(C)C. The van der Waals surface area contributed by atoms with Gasteiger partial charge >= 0.3 is 5.97 Å². The predicted molar refractivity (Wildman–Crippen MR) is 140 cm³/mol. The Bertz CT molecular complexity index is 812. The number of nitrogens with one attached hydrogen (secondary N) is 2. The van der Waals surface area contributed by atoms with Crippen LogP contribution in [0.3, 0.4) is 0 Å². The second-order valence-electron chi connectivity index (χ2n) is 9.01. The number of carbonyl (C=O) groups excluding carboxylic acids is 3. The molecule has 0 aromatic heterocycles. The monoisotopic (exact) mass is 502 g/mol. The van der Waals surface area contributed by atoms with Crippen molar-refractivity contribution < 1.29 is 29.0 Å². The summed E-state index contributed by atoms with van der Waals surface area (Å²) in [6, 6.07) is 9.33. The first-order valence-corrected chi connectivity index (χ1v) is 12.5. The number of allylic oxidation sites excluding steroid dienone is 2. The molecule has 36 heavy (non-hydrogen) atoms. The summed E-state index contributed by atoms with van der Waals surface area (Å²) < 4.78 is 10.7. The van der Waals surface area contributed by atoms with Crippen molar-refractivity contribution >= 4 is 17.8 Å². The normalized spacial score (nSPS) is 13.3. The van der Waals surface area contributed by atoms with E-state index in [2.05, 4.69) is 23.8 Å². The van der Waals surface area contributed by atoms with Gasteiger partial charge < -0.3 is 25.2 Å². The third-order valence-electron chi connectivity index (χ3n) is 5.70. The molecule has 1 aromatic carbocycles. The lowest BCUT2D eigenvalue weighted by Gasteiger charge is -2.25. The van der Waals surface area contributed by atoms with Crippen LogP contribution in [0, 0.1) is 17.8 Å². The third kappa shape index (κ3) is 12.7. The van der Waals surface area contributed by atoms with E-state index in [0.29, 0.717) is 25.8 Å². The van der Waals surface area contributed by atoms with Gasteiger partial charge in [-0.05, 0) is 30.7 Å². The van der Waals surface area contributed by atoms with Crippen LogP contribution in [0.4, 0.5) is 0 Å². The molecule has 0 aliphatic rings. The van der Waals surface area contributed by atoms with Crippen molar-refractivity contribution in [2.45, 2.75) is 45.6 Å². The van der Waals surface area contributed by atoms with Crippen molar-refractivity contribution in [3.05, 3.63) is 61.2 Å². The van der Waals surface area contributed by atoms with Gasteiger partial charge in [0.05, 0.1) is 37.7 Å². The second kappa shape index (κ2) is 18.3. The lowest BCUT2D eigenvalue weighted by Crippen LogP contribution is -2.46. The van der Waals surface area contributed by atoms with E-state index in [4.69, 9.17) is 14.6 Å². The molecule has 0 fully saturated rings. The number of amides is 2. The first-order chi connectivity index (χ1) is 17.3. The molecule has 0 saturated carbocycles. The van der Waals surface area contributed by atoms with Crippen LogP contribution in [0.5, 0.6) is 0 Å². The summed E-state index contributed by atoms with van der Waals surface area (Å²) in [6.45, 7) is 12.1. The third-order valence-corrected chi connectivity index (χ3v) is 5.70. The molecule has 2 amide bonds. The van der Waals surface area contributed by atoms with Gasteiger partial charge in [0, 0.05) is 13.0 Å². The molecule has 0 radical (unpaired) electrons. The molecule has 0 unspecified atom stereocenters. The molecule has 0 aliphatic carbocycles. The van der Waals surface area contributed by atoms with E-state index < -0.39 is 12.0 Å². The summed E-state index contributed by atoms with van der Waals surface area (Å²) in [5.74, 6) is -1.83. The van der Waals surface area contributed by atoms with Crippen molar-refractivity contribution in [2.24, 2.45) is 17.8 Å². The molecule has 0 saturated heterocycles. The summed E-state index contributed by atoms with van der Waals surface area (Å²) in [6.07, 6.45) is 4.69. The molecule has 1 rings (SSSR count). The number of carbonyl (C=O) groups is 3. The lowest BCUT2D eigenvalue weighted by molar-refractivity contribution is -0.150. The predicted octanol–water partition coefficient (Wildman–Crippen LogP) is 2.81. The van der Waals surface area contributed by atoms with E-state index in [-0.39, 0.29) is 62.5 Å². The van der Waals surface area contributed by atoms with Gasteiger partial charge in [-0.15, -0.1) is 13.2 Å². The molecule has 200 valence electrons. The maximum absolute atomic E-state index is 13.0. The molecule has 0 spiro atoms. The molecular formula is C28H42N2O6. The minimum atomic E-state index is -0.593. The van der Waals surface area contributed by atoms with Crippen LogP contribution in [-0.4, -0.2) is 61.9 Å². The standard InChI is InChI=1S/C28H42N2O6/c1-5-10-23(19-26(32)29-14-16-35-17-15-31)27(33)30-25(21(3)4)20-36-28(34)24(11-6-2)18-22-12-8-7-9-13-22/h5-9,12-13,21,23-25,31H,1-2,10-11,14-20H2,3-4H3,(H,29,32)(H,30,33)/t23-,24-,25-/m1/s1. The van der Waals surface area contributed by atoms with Gasteiger partial charge in [-0.1, -0.05) is 56.3 Å². The van der Waals surface area contributed by atoms with Crippen LogP contribution in [0.25, 0.3) is 0 Å². The second-order valence-corrected chi connectivity index (χ2v) is 9.01. The first-order valence-electron chi connectivity index (χ1n) is 12.5. The van der Waals surface area contributed by atoms with Crippen LogP contribution >= 0.6 is 0 Å². The van der Waals surface area contributed by atoms with E-state index in [1.807, 2.05) is 44.2 Å². The van der Waals surface area contributed by atoms with E-state index in [9.17, 15) is 14.4 Å². The van der Waals surface area contributed by atoms with E-state index in [1.165, 1.54) is 0 Å². The Balaban J connectivity index is 2.66. The van der Waals surface area contributed by atoms with E-state index in [1.54, 1.807) is 12.2 Å². The topological polar surface area (TPSA) is 114 Å². The highest BCUT2D eigenvalue weighted by molar-refractivity contribution is 5.86. The molecule has 8 nitrogen and oxygen atoms in total. The van der Waals surface area contributed by atoms with Crippen molar-refractivity contribution in [1.82, 2.24) is 10.6 Å².